The minimum absolute atomic E-state index is 0.287. The van der Waals surface area contributed by atoms with Crippen LogP contribution in [0.1, 0.15) is 44.4 Å². The molecule has 3 nitrogen and oxygen atoms in total. The molecule has 0 saturated heterocycles. The molecule has 1 aromatic rings. The molecule has 1 aromatic heterocycles. The van der Waals surface area contributed by atoms with E-state index in [4.69, 9.17) is 10.2 Å². The van der Waals surface area contributed by atoms with E-state index in [9.17, 15) is 0 Å². The fraction of sp³-hybridized carbons (Fsp3) is 0.667. The van der Waals surface area contributed by atoms with E-state index in [1.165, 1.54) is 19.3 Å². The maximum atomic E-state index is 5.96. The maximum Gasteiger partial charge on any atom is 0.120 e. The van der Waals surface area contributed by atoms with Gasteiger partial charge in [0, 0.05) is 12.1 Å². The van der Waals surface area contributed by atoms with E-state index in [1.54, 1.807) is 6.26 Å². The molecule has 15 heavy (non-hydrogen) atoms. The molecule has 1 aliphatic carbocycles. The first kappa shape index (κ1) is 10.7. The molecule has 3 N–H and O–H groups in total. The summed E-state index contributed by atoms with van der Waals surface area (Å²) in [5.41, 5.74) is 5.96. The lowest BCUT2D eigenvalue weighted by Gasteiger charge is -2.29. The van der Waals surface area contributed by atoms with Crippen molar-refractivity contribution in [3.05, 3.63) is 24.2 Å². The monoisotopic (exact) mass is 208 g/mol. The second-order valence-corrected chi connectivity index (χ2v) is 4.53. The predicted molar refractivity (Wildman–Crippen MR) is 60.5 cm³/mol. The van der Waals surface area contributed by atoms with Crippen molar-refractivity contribution in [1.29, 1.82) is 0 Å². The molecule has 2 rings (SSSR count). The summed E-state index contributed by atoms with van der Waals surface area (Å²) in [6.45, 7) is 2.14. The Morgan fingerprint density at radius 2 is 2.40 bits per heavy atom. The number of furan rings is 1. The summed E-state index contributed by atoms with van der Waals surface area (Å²) in [6.07, 6.45) is 6.46. The zero-order valence-corrected chi connectivity index (χ0v) is 9.28. The highest BCUT2D eigenvalue weighted by Gasteiger charge is 2.21. The standard InChI is InChI=1S/C12H20N2O/c1-9(12-6-3-7-15-12)14-11-5-2-4-10(13)8-11/h3,6-7,9-11,14H,2,4-5,8,13H2,1H3/t9-,10?,11?/m0/s1. The summed E-state index contributed by atoms with van der Waals surface area (Å²) in [7, 11) is 0. The van der Waals surface area contributed by atoms with E-state index >= 15 is 0 Å². The number of hydrogen-bond donors (Lipinski definition) is 2. The Hall–Kier alpha value is -0.800. The van der Waals surface area contributed by atoms with E-state index < -0.39 is 0 Å². The van der Waals surface area contributed by atoms with E-state index in [0.717, 1.165) is 12.2 Å². The van der Waals surface area contributed by atoms with Gasteiger partial charge in [-0.2, -0.15) is 0 Å². The summed E-state index contributed by atoms with van der Waals surface area (Å²) in [5, 5.41) is 3.58. The molecule has 0 bridgehead atoms. The number of nitrogens with two attached hydrogens (primary N) is 1. The molecule has 0 aromatic carbocycles. The smallest absolute Gasteiger partial charge is 0.120 e. The second kappa shape index (κ2) is 4.81. The first-order chi connectivity index (χ1) is 7.25. The lowest BCUT2D eigenvalue weighted by atomic mass is 9.91. The molecule has 0 aliphatic heterocycles. The molecule has 3 heteroatoms. The normalized spacial score (nSPS) is 28.9. The van der Waals surface area contributed by atoms with Crippen LogP contribution in [-0.2, 0) is 0 Å². The molecule has 2 unspecified atom stereocenters. The van der Waals surface area contributed by atoms with Crippen LogP contribution in [0.25, 0.3) is 0 Å². The van der Waals surface area contributed by atoms with Crippen molar-refractivity contribution in [2.45, 2.75) is 50.7 Å². The van der Waals surface area contributed by atoms with E-state index in [1.807, 2.05) is 12.1 Å². The van der Waals surface area contributed by atoms with E-state index in [2.05, 4.69) is 12.2 Å². The van der Waals surface area contributed by atoms with Crippen LogP contribution in [0, 0.1) is 0 Å². The molecule has 0 spiro atoms. The van der Waals surface area contributed by atoms with Crippen LogP contribution < -0.4 is 11.1 Å². The van der Waals surface area contributed by atoms with Crippen LogP contribution in [0.5, 0.6) is 0 Å². The zero-order valence-electron chi connectivity index (χ0n) is 9.28. The molecule has 1 aliphatic rings. The number of rotatable bonds is 3. The van der Waals surface area contributed by atoms with Gasteiger partial charge < -0.3 is 15.5 Å². The van der Waals surface area contributed by atoms with E-state index in [-0.39, 0.29) is 6.04 Å². The number of hydrogen-bond acceptors (Lipinski definition) is 3. The van der Waals surface area contributed by atoms with Gasteiger partial charge in [0.1, 0.15) is 5.76 Å². The van der Waals surface area contributed by atoms with Gasteiger partial charge in [0.15, 0.2) is 0 Å². The highest BCUT2D eigenvalue weighted by molar-refractivity contribution is 5.03. The Kier molecular flexibility index (Phi) is 3.44. The molecule has 1 fully saturated rings. The van der Waals surface area contributed by atoms with Gasteiger partial charge in [-0.15, -0.1) is 0 Å². The first-order valence-electron chi connectivity index (χ1n) is 5.80. The van der Waals surface area contributed by atoms with Crippen LogP contribution in [0.2, 0.25) is 0 Å². The molecule has 84 valence electrons. The van der Waals surface area contributed by atoms with Crippen molar-refractivity contribution >= 4 is 0 Å². The first-order valence-corrected chi connectivity index (χ1v) is 5.80. The van der Waals surface area contributed by atoms with E-state index in [0.29, 0.717) is 12.1 Å². The van der Waals surface area contributed by atoms with Crippen molar-refractivity contribution in [3.8, 4) is 0 Å². The van der Waals surface area contributed by atoms with Crippen molar-refractivity contribution < 1.29 is 4.42 Å². The second-order valence-electron chi connectivity index (χ2n) is 4.53. The Labute approximate surface area is 91.0 Å². The van der Waals surface area contributed by atoms with Gasteiger partial charge in [-0.25, -0.2) is 0 Å². The average molecular weight is 208 g/mol. The highest BCUT2D eigenvalue weighted by Crippen LogP contribution is 2.21. The minimum Gasteiger partial charge on any atom is -0.468 e. The lowest BCUT2D eigenvalue weighted by molar-refractivity contribution is 0.302. The SMILES string of the molecule is C[C@H](NC1CCCC(N)C1)c1ccco1. The fourth-order valence-corrected chi connectivity index (χ4v) is 2.35. The predicted octanol–water partition coefficient (Wildman–Crippen LogP) is 2.20. The van der Waals surface area contributed by atoms with Crippen LogP contribution in [-0.4, -0.2) is 12.1 Å². The zero-order chi connectivity index (χ0) is 10.7. The van der Waals surface area contributed by atoms with Crippen LogP contribution >= 0.6 is 0 Å². The molecular weight excluding hydrogens is 188 g/mol. The summed E-state index contributed by atoms with van der Waals surface area (Å²) in [6, 6.07) is 5.16. The van der Waals surface area contributed by atoms with Crippen molar-refractivity contribution in [2.75, 3.05) is 0 Å². The Morgan fingerprint density at radius 1 is 1.53 bits per heavy atom. The van der Waals surface area contributed by atoms with Crippen molar-refractivity contribution in [1.82, 2.24) is 5.32 Å². The van der Waals surface area contributed by atoms with Crippen molar-refractivity contribution in [2.24, 2.45) is 5.73 Å². The molecule has 0 radical (unpaired) electrons. The van der Waals surface area contributed by atoms with Gasteiger partial charge in [0.25, 0.3) is 0 Å². The van der Waals surface area contributed by atoms with Gasteiger partial charge in [0.2, 0.25) is 0 Å². The van der Waals surface area contributed by atoms with Crippen LogP contribution in [0.4, 0.5) is 0 Å². The van der Waals surface area contributed by atoms with Gasteiger partial charge in [0.05, 0.1) is 12.3 Å². The molecule has 1 saturated carbocycles. The van der Waals surface area contributed by atoms with Crippen LogP contribution in [0.15, 0.2) is 22.8 Å². The third-order valence-corrected chi connectivity index (χ3v) is 3.17. The van der Waals surface area contributed by atoms with Gasteiger partial charge >= 0.3 is 0 Å². The maximum absolute atomic E-state index is 5.96. The summed E-state index contributed by atoms with van der Waals surface area (Å²) >= 11 is 0. The summed E-state index contributed by atoms with van der Waals surface area (Å²) in [4.78, 5) is 0. The van der Waals surface area contributed by atoms with Crippen molar-refractivity contribution in [3.63, 3.8) is 0 Å². The average Bonchev–Trinajstić information content (AvgIpc) is 2.70. The molecular formula is C12H20N2O. The molecule has 0 amide bonds. The summed E-state index contributed by atoms with van der Waals surface area (Å²) < 4.78 is 5.37. The lowest BCUT2D eigenvalue weighted by Crippen LogP contribution is -2.40. The Bertz CT molecular complexity index is 284. The molecule has 3 atom stereocenters. The Morgan fingerprint density at radius 3 is 3.07 bits per heavy atom. The highest BCUT2D eigenvalue weighted by atomic mass is 16.3. The topological polar surface area (TPSA) is 51.2 Å². The Balaban J connectivity index is 1.86. The largest absolute Gasteiger partial charge is 0.468 e. The quantitative estimate of drug-likeness (QED) is 0.800. The molecule has 1 heterocycles. The van der Waals surface area contributed by atoms with Gasteiger partial charge in [-0.1, -0.05) is 6.42 Å². The summed E-state index contributed by atoms with van der Waals surface area (Å²) in [5.74, 6) is 1.01. The number of nitrogens with one attached hydrogen (secondary N) is 1. The minimum atomic E-state index is 0.287. The van der Waals surface area contributed by atoms with Gasteiger partial charge in [-0.05, 0) is 38.3 Å². The third kappa shape index (κ3) is 2.83. The third-order valence-electron chi connectivity index (χ3n) is 3.17. The van der Waals surface area contributed by atoms with Gasteiger partial charge in [-0.3, -0.25) is 0 Å². The fourth-order valence-electron chi connectivity index (χ4n) is 2.35. The van der Waals surface area contributed by atoms with Crippen LogP contribution in [0.3, 0.4) is 0 Å².